The first-order chi connectivity index (χ1) is 13.9. The molecule has 166 valence electrons. The minimum Gasteiger partial charge on any atom is -0.496 e. The quantitative estimate of drug-likeness (QED) is 0.278. The van der Waals surface area contributed by atoms with E-state index in [1.807, 2.05) is 37.3 Å². The summed E-state index contributed by atoms with van der Waals surface area (Å²) in [6.45, 7) is 2.24. The predicted octanol–water partition coefficient (Wildman–Crippen LogP) is 4.65. The van der Waals surface area contributed by atoms with Crippen molar-refractivity contribution < 1.29 is 22.6 Å². The molecule has 0 amide bonds. The molecule has 0 fully saturated rings. The second-order valence-corrected chi connectivity index (χ2v) is 6.29. The van der Waals surface area contributed by atoms with Crippen LogP contribution in [0.5, 0.6) is 5.75 Å². The molecule has 0 saturated heterocycles. The standard InChI is InChI=1S/C21H26F3N3O2.HI/c1-3-25-20(27-13-18-9-4-5-10-19(18)28-2)26-12-16-7-6-8-17(11-16)14-29-15-21(22,23)24;/h4-11H,3,12-15H2,1-2H3,(H2,25,26,27);1H. The molecule has 0 bridgehead atoms. The summed E-state index contributed by atoms with van der Waals surface area (Å²) in [6.07, 6.45) is -4.32. The van der Waals surface area contributed by atoms with Gasteiger partial charge in [-0.25, -0.2) is 4.99 Å². The number of hydrogen-bond acceptors (Lipinski definition) is 3. The van der Waals surface area contributed by atoms with E-state index in [9.17, 15) is 13.2 Å². The third-order valence-electron chi connectivity index (χ3n) is 3.93. The molecule has 0 saturated carbocycles. The Kier molecular flexibility index (Phi) is 11.6. The third-order valence-corrected chi connectivity index (χ3v) is 3.93. The van der Waals surface area contributed by atoms with Crippen LogP contribution in [0.25, 0.3) is 0 Å². The topological polar surface area (TPSA) is 54.9 Å². The molecule has 9 heteroatoms. The van der Waals surface area contributed by atoms with Crippen LogP contribution in [-0.4, -0.2) is 32.4 Å². The normalized spacial score (nSPS) is 11.6. The number of nitrogens with zero attached hydrogens (tertiary/aromatic N) is 1. The number of rotatable bonds is 9. The fourth-order valence-corrected chi connectivity index (χ4v) is 2.64. The van der Waals surface area contributed by atoms with Gasteiger partial charge >= 0.3 is 6.18 Å². The summed E-state index contributed by atoms with van der Waals surface area (Å²) >= 11 is 0. The van der Waals surface area contributed by atoms with Crippen LogP contribution in [0.1, 0.15) is 23.6 Å². The molecule has 0 atom stereocenters. The highest BCUT2D eigenvalue weighted by atomic mass is 127. The van der Waals surface area contributed by atoms with Crippen LogP contribution in [0, 0.1) is 0 Å². The van der Waals surface area contributed by atoms with Crippen LogP contribution in [0.3, 0.4) is 0 Å². The Morgan fingerprint density at radius 1 is 1.03 bits per heavy atom. The van der Waals surface area contributed by atoms with Gasteiger partial charge in [0.15, 0.2) is 5.96 Å². The number of halogens is 4. The highest BCUT2D eigenvalue weighted by Gasteiger charge is 2.27. The van der Waals surface area contributed by atoms with Crippen LogP contribution in [0.2, 0.25) is 0 Å². The molecule has 0 unspecified atom stereocenters. The Hall–Kier alpha value is -2.01. The van der Waals surface area contributed by atoms with Gasteiger partial charge in [-0.05, 0) is 24.1 Å². The van der Waals surface area contributed by atoms with E-state index in [0.717, 1.165) is 16.9 Å². The summed E-state index contributed by atoms with van der Waals surface area (Å²) in [4.78, 5) is 4.55. The number of methoxy groups -OCH3 is 1. The number of aliphatic imine (C=N–C) groups is 1. The Labute approximate surface area is 192 Å². The van der Waals surface area contributed by atoms with Crippen molar-refractivity contribution in [3.63, 3.8) is 0 Å². The van der Waals surface area contributed by atoms with E-state index in [4.69, 9.17) is 9.47 Å². The maximum Gasteiger partial charge on any atom is 0.411 e. The van der Waals surface area contributed by atoms with Gasteiger partial charge in [-0.1, -0.05) is 42.5 Å². The van der Waals surface area contributed by atoms with Crippen molar-refractivity contribution in [1.82, 2.24) is 10.6 Å². The van der Waals surface area contributed by atoms with Crippen molar-refractivity contribution in [3.05, 3.63) is 65.2 Å². The number of benzene rings is 2. The number of guanidine groups is 1. The fraction of sp³-hybridized carbons (Fsp3) is 0.381. The van der Waals surface area contributed by atoms with Gasteiger partial charge in [-0.2, -0.15) is 13.2 Å². The van der Waals surface area contributed by atoms with Crippen molar-refractivity contribution in [1.29, 1.82) is 0 Å². The molecular weight excluding hydrogens is 510 g/mol. The molecule has 2 aromatic rings. The molecule has 2 rings (SSSR count). The molecule has 5 nitrogen and oxygen atoms in total. The molecular formula is C21H27F3IN3O2. The zero-order valence-corrected chi connectivity index (χ0v) is 19.3. The average Bonchev–Trinajstić information content (AvgIpc) is 2.69. The number of hydrogen-bond donors (Lipinski definition) is 2. The first-order valence-electron chi connectivity index (χ1n) is 9.27. The van der Waals surface area contributed by atoms with Crippen LogP contribution >= 0.6 is 24.0 Å². The van der Waals surface area contributed by atoms with E-state index in [1.165, 1.54) is 0 Å². The largest absolute Gasteiger partial charge is 0.496 e. The molecule has 0 aliphatic heterocycles. The van der Waals surface area contributed by atoms with Gasteiger partial charge in [0.25, 0.3) is 0 Å². The summed E-state index contributed by atoms with van der Waals surface area (Å²) in [5.41, 5.74) is 2.56. The van der Waals surface area contributed by atoms with E-state index in [1.54, 1.807) is 25.3 Å². The second kappa shape index (κ2) is 13.3. The second-order valence-electron chi connectivity index (χ2n) is 6.29. The summed E-state index contributed by atoms with van der Waals surface area (Å²) < 4.78 is 46.7. The van der Waals surface area contributed by atoms with Crippen molar-refractivity contribution in [2.24, 2.45) is 4.99 Å². The van der Waals surface area contributed by atoms with E-state index >= 15 is 0 Å². The molecule has 0 heterocycles. The van der Waals surface area contributed by atoms with Gasteiger partial charge in [0.05, 0.1) is 20.3 Å². The molecule has 30 heavy (non-hydrogen) atoms. The van der Waals surface area contributed by atoms with E-state index in [2.05, 4.69) is 15.6 Å². The first-order valence-corrected chi connectivity index (χ1v) is 9.27. The summed E-state index contributed by atoms with van der Waals surface area (Å²) in [5.74, 6) is 1.43. The number of alkyl halides is 3. The summed E-state index contributed by atoms with van der Waals surface area (Å²) in [7, 11) is 1.63. The molecule has 0 aliphatic carbocycles. The lowest BCUT2D eigenvalue weighted by atomic mass is 10.1. The summed E-state index contributed by atoms with van der Waals surface area (Å²) in [5, 5.41) is 6.43. The SMILES string of the molecule is CCNC(=NCc1cccc(COCC(F)(F)F)c1)NCc1ccccc1OC.I. The predicted molar refractivity (Wildman–Crippen MR) is 122 cm³/mol. The molecule has 0 spiro atoms. The van der Waals surface area contributed by atoms with Gasteiger partial charge in [-0.3, -0.25) is 0 Å². The lowest BCUT2D eigenvalue weighted by molar-refractivity contribution is -0.176. The lowest BCUT2D eigenvalue weighted by Gasteiger charge is -2.13. The Morgan fingerprint density at radius 3 is 2.47 bits per heavy atom. The van der Waals surface area contributed by atoms with Crippen LogP contribution in [0.4, 0.5) is 13.2 Å². The molecule has 2 aromatic carbocycles. The van der Waals surface area contributed by atoms with Crippen molar-refractivity contribution in [2.75, 3.05) is 20.3 Å². The van der Waals surface area contributed by atoms with Crippen molar-refractivity contribution >= 4 is 29.9 Å². The van der Waals surface area contributed by atoms with Gasteiger partial charge in [0, 0.05) is 18.7 Å². The monoisotopic (exact) mass is 537 g/mol. The first kappa shape index (κ1) is 26.0. The maximum absolute atomic E-state index is 12.2. The number of ether oxygens (including phenoxy) is 2. The van der Waals surface area contributed by atoms with Crippen LogP contribution < -0.4 is 15.4 Å². The molecule has 0 radical (unpaired) electrons. The molecule has 0 aliphatic rings. The third kappa shape index (κ3) is 9.66. The van der Waals surface area contributed by atoms with Crippen molar-refractivity contribution in [3.8, 4) is 5.75 Å². The fourth-order valence-electron chi connectivity index (χ4n) is 2.64. The Balaban J connectivity index is 0.00000450. The summed E-state index contributed by atoms with van der Waals surface area (Å²) in [6, 6.07) is 14.9. The smallest absolute Gasteiger partial charge is 0.411 e. The molecule has 2 N–H and O–H groups in total. The number of para-hydroxylation sites is 1. The van der Waals surface area contributed by atoms with Gasteiger partial charge in [0.2, 0.25) is 0 Å². The highest BCUT2D eigenvalue weighted by molar-refractivity contribution is 14.0. The highest BCUT2D eigenvalue weighted by Crippen LogP contribution is 2.17. The Bertz CT molecular complexity index is 801. The Morgan fingerprint density at radius 2 is 1.77 bits per heavy atom. The van der Waals surface area contributed by atoms with E-state index < -0.39 is 12.8 Å². The zero-order valence-electron chi connectivity index (χ0n) is 17.0. The average molecular weight is 537 g/mol. The minimum absolute atomic E-state index is 0. The zero-order chi connectivity index (χ0) is 21.1. The molecule has 0 aromatic heterocycles. The van der Waals surface area contributed by atoms with Crippen LogP contribution in [0.15, 0.2) is 53.5 Å². The maximum atomic E-state index is 12.2. The van der Waals surface area contributed by atoms with Gasteiger partial charge < -0.3 is 20.1 Å². The van der Waals surface area contributed by atoms with Crippen molar-refractivity contribution in [2.45, 2.75) is 32.8 Å². The van der Waals surface area contributed by atoms with Gasteiger partial charge in [0.1, 0.15) is 12.4 Å². The van der Waals surface area contributed by atoms with E-state index in [-0.39, 0.29) is 30.6 Å². The minimum atomic E-state index is -4.32. The van der Waals surface area contributed by atoms with Gasteiger partial charge in [-0.15, -0.1) is 24.0 Å². The lowest BCUT2D eigenvalue weighted by Crippen LogP contribution is -2.36. The van der Waals surface area contributed by atoms with E-state index in [0.29, 0.717) is 31.2 Å². The number of nitrogens with one attached hydrogen (secondary N) is 2. The van der Waals surface area contributed by atoms with Crippen LogP contribution in [-0.2, 0) is 24.4 Å².